The Hall–Kier alpha value is -0.610. The van der Waals surface area contributed by atoms with Crippen molar-refractivity contribution in [2.75, 3.05) is 13.7 Å². The predicted molar refractivity (Wildman–Crippen MR) is 69.3 cm³/mol. The molecule has 17 heavy (non-hydrogen) atoms. The van der Waals surface area contributed by atoms with Crippen molar-refractivity contribution < 1.29 is 14.6 Å². The molecule has 0 spiro atoms. The van der Waals surface area contributed by atoms with Crippen LogP contribution in [-0.2, 0) is 9.53 Å². The zero-order valence-electron chi connectivity index (χ0n) is 11.6. The first kappa shape index (κ1) is 16.4. The van der Waals surface area contributed by atoms with Gasteiger partial charge in [0.2, 0.25) is 0 Å². The Balaban J connectivity index is 4.04. The van der Waals surface area contributed by atoms with Crippen LogP contribution in [-0.4, -0.2) is 36.4 Å². The predicted octanol–water partition coefficient (Wildman–Crippen LogP) is 2.42. The molecule has 0 aromatic rings. The van der Waals surface area contributed by atoms with Gasteiger partial charge >= 0.3 is 5.97 Å². The van der Waals surface area contributed by atoms with Gasteiger partial charge < -0.3 is 9.84 Å². The summed E-state index contributed by atoms with van der Waals surface area (Å²) in [5.41, 5.74) is -0.987. The lowest BCUT2D eigenvalue weighted by Gasteiger charge is -2.29. The van der Waals surface area contributed by atoms with Crippen LogP contribution in [0.2, 0.25) is 0 Å². The van der Waals surface area contributed by atoms with Crippen molar-refractivity contribution in [3.8, 4) is 0 Å². The third kappa shape index (κ3) is 6.64. The molecule has 0 rings (SSSR count). The monoisotopic (exact) mass is 245 g/mol. The zero-order chi connectivity index (χ0) is 13.3. The standard InChI is InChI=1S/C13H27NO3/c1-5-6-7-8-9-11(2)14-13(3,10-17-4)12(15)16/h11,14H,5-10H2,1-4H3,(H,15,16). The number of carbonyl (C=O) groups is 1. The van der Waals surface area contributed by atoms with E-state index in [1.165, 1.54) is 26.4 Å². The molecule has 2 N–H and O–H groups in total. The minimum atomic E-state index is -0.987. The van der Waals surface area contributed by atoms with Crippen LogP contribution < -0.4 is 5.32 Å². The van der Waals surface area contributed by atoms with Gasteiger partial charge in [-0.15, -0.1) is 0 Å². The molecule has 0 aromatic carbocycles. The highest BCUT2D eigenvalue weighted by Crippen LogP contribution is 2.11. The molecule has 4 heteroatoms. The lowest BCUT2D eigenvalue weighted by atomic mass is 10.0. The van der Waals surface area contributed by atoms with Crippen LogP contribution in [0.4, 0.5) is 0 Å². The number of methoxy groups -OCH3 is 1. The van der Waals surface area contributed by atoms with Crippen molar-refractivity contribution >= 4 is 5.97 Å². The Morgan fingerprint density at radius 2 is 2.06 bits per heavy atom. The molecule has 0 aliphatic heterocycles. The molecule has 0 aliphatic carbocycles. The molecule has 0 aliphatic rings. The summed E-state index contributed by atoms with van der Waals surface area (Å²) in [6.07, 6.45) is 5.84. The fraction of sp³-hybridized carbons (Fsp3) is 0.923. The molecule has 0 amide bonds. The van der Waals surface area contributed by atoms with Gasteiger partial charge in [0, 0.05) is 13.2 Å². The number of carboxylic acid groups (broad SMARTS) is 1. The van der Waals surface area contributed by atoms with Crippen LogP contribution in [0.3, 0.4) is 0 Å². The molecule has 0 saturated heterocycles. The Bertz CT molecular complexity index is 221. The average molecular weight is 245 g/mol. The van der Waals surface area contributed by atoms with Gasteiger partial charge in [0.1, 0.15) is 5.54 Å². The molecular formula is C13H27NO3. The third-order valence-corrected chi connectivity index (χ3v) is 2.96. The molecule has 102 valence electrons. The summed E-state index contributed by atoms with van der Waals surface area (Å²) in [7, 11) is 1.52. The van der Waals surface area contributed by atoms with Crippen LogP contribution in [0.15, 0.2) is 0 Å². The van der Waals surface area contributed by atoms with Crippen molar-refractivity contribution in [1.82, 2.24) is 5.32 Å². The first-order chi connectivity index (χ1) is 7.96. The van der Waals surface area contributed by atoms with Gasteiger partial charge in [0.25, 0.3) is 0 Å². The van der Waals surface area contributed by atoms with Crippen molar-refractivity contribution in [3.05, 3.63) is 0 Å². The van der Waals surface area contributed by atoms with Crippen molar-refractivity contribution in [2.24, 2.45) is 0 Å². The summed E-state index contributed by atoms with van der Waals surface area (Å²) in [5, 5.41) is 12.3. The topological polar surface area (TPSA) is 58.6 Å². The van der Waals surface area contributed by atoms with Gasteiger partial charge in [0.05, 0.1) is 6.61 Å². The smallest absolute Gasteiger partial charge is 0.326 e. The summed E-state index contributed by atoms with van der Waals surface area (Å²) >= 11 is 0. The van der Waals surface area contributed by atoms with E-state index in [-0.39, 0.29) is 12.6 Å². The zero-order valence-corrected chi connectivity index (χ0v) is 11.6. The highest BCUT2D eigenvalue weighted by atomic mass is 16.5. The number of hydrogen-bond donors (Lipinski definition) is 2. The Labute approximate surface area is 105 Å². The van der Waals surface area contributed by atoms with E-state index in [0.717, 1.165) is 12.8 Å². The molecule has 0 heterocycles. The number of carboxylic acids is 1. The van der Waals surface area contributed by atoms with Crippen molar-refractivity contribution in [3.63, 3.8) is 0 Å². The molecule has 0 radical (unpaired) electrons. The van der Waals surface area contributed by atoms with Gasteiger partial charge in [-0.3, -0.25) is 10.1 Å². The van der Waals surface area contributed by atoms with Crippen LogP contribution in [0.5, 0.6) is 0 Å². The van der Waals surface area contributed by atoms with E-state index >= 15 is 0 Å². The van der Waals surface area contributed by atoms with Crippen molar-refractivity contribution in [2.45, 2.75) is 64.5 Å². The Morgan fingerprint density at radius 1 is 1.41 bits per heavy atom. The number of rotatable bonds is 10. The van der Waals surface area contributed by atoms with E-state index < -0.39 is 11.5 Å². The summed E-state index contributed by atoms with van der Waals surface area (Å²) in [6.45, 7) is 6.06. The van der Waals surface area contributed by atoms with E-state index in [4.69, 9.17) is 4.74 Å². The molecule has 0 aromatic heterocycles. The summed E-state index contributed by atoms with van der Waals surface area (Å²) in [4.78, 5) is 11.2. The fourth-order valence-electron chi connectivity index (χ4n) is 1.95. The highest BCUT2D eigenvalue weighted by molar-refractivity contribution is 5.78. The van der Waals surface area contributed by atoms with E-state index in [0.29, 0.717) is 0 Å². The van der Waals surface area contributed by atoms with Crippen LogP contribution in [0, 0.1) is 0 Å². The highest BCUT2D eigenvalue weighted by Gasteiger charge is 2.34. The Kier molecular flexibility index (Phi) is 8.17. The second-order valence-electron chi connectivity index (χ2n) is 4.96. The molecule has 4 nitrogen and oxygen atoms in total. The van der Waals surface area contributed by atoms with E-state index in [1.54, 1.807) is 6.92 Å². The first-order valence-electron chi connectivity index (χ1n) is 6.46. The van der Waals surface area contributed by atoms with Gasteiger partial charge in [0.15, 0.2) is 0 Å². The molecule has 2 atom stereocenters. The SMILES string of the molecule is CCCCCCC(C)NC(C)(COC)C(=O)O. The van der Waals surface area contributed by atoms with Crippen LogP contribution >= 0.6 is 0 Å². The van der Waals surface area contributed by atoms with Gasteiger partial charge in [-0.1, -0.05) is 32.6 Å². The minimum absolute atomic E-state index is 0.182. The third-order valence-electron chi connectivity index (χ3n) is 2.96. The van der Waals surface area contributed by atoms with Crippen molar-refractivity contribution in [1.29, 1.82) is 0 Å². The summed E-state index contributed by atoms with van der Waals surface area (Å²) in [6, 6.07) is 0.197. The molecule has 0 fully saturated rings. The fourth-order valence-corrected chi connectivity index (χ4v) is 1.95. The number of hydrogen-bond acceptors (Lipinski definition) is 3. The van der Waals surface area contributed by atoms with Crippen LogP contribution in [0.1, 0.15) is 52.9 Å². The van der Waals surface area contributed by atoms with Gasteiger partial charge in [-0.05, 0) is 20.3 Å². The maximum atomic E-state index is 11.2. The van der Waals surface area contributed by atoms with Crippen LogP contribution in [0.25, 0.3) is 0 Å². The summed E-state index contributed by atoms with van der Waals surface area (Å²) in [5.74, 6) is -0.861. The first-order valence-corrected chi connectivity index (χ1v) is 6.46. The number of ether oxygens (including phenoxy) is 1. The van der Waals surface area contributed by atoms with E-state index in [1.807, 2.05) is 6.92 Å². The summed E-state index contributed by atoms with van der Waals surface area (Å²) < 4.78 is 4.97. The number of nitrogens with one attached hydrogen (secondary N) is 1. The second kappa shape index (κ2) is 8.48. The maximum absolute atomic E-state index is 11.2. The molecule has 0 saturated carbocycles. The largest absolute Gasteiger partial charge is 0.480 e. The average Bonchev–Trinajstić information content (AvgIpc) is 2.24. The second-order valence-corrected chi connectivity index (χ2v) is 4.96. The van der Waals surface area contributed by atoms with E-state index in [2.05, 4.69) is 12.2 Å². The lowest BCUT2D eigenvalue weighted by molar-refractivity contribution is -0.146. The number of aliphatic carboxylic acids is 1. The lowest BCUT2D eigenvalue weighted by Crippen LogP contribution is -2.56. The molecular weight excluding hydrogens is 218 g/mol. The van der Waals surface area contributed by atoms with Gasteiger partial charge in [-0.2, -0.15) is 0 Å². The Morgan fingerprint density at radius 3 is 2.53 bits per heavy atom. The van der Waals surface area contributed by atoms with E-state index in [9.17, 15) is 9.90 Å². The van der Waals surface area contributed by atoms with Gasteiger partial charge in [-0.25, -0.2) is 0 Å². The normalized spacial score (nSPS) is 16.5. The maximum Gasteiger partial charge on any atom is 0.326 e. The molecule has 2 unspecified atom stereocenters. The molecule has 0 bridgehead atoms. The minimum Gasteiger partial charge on any atom is -0.480 e. The quantitative estimate of drug-likeness (QED) is 0.580. The number of unbranched alkanes of at least 4 members (excludes halogenated alkanes) is 3.